The molecular formula is C48H66N8O10. The van der Waals surface area contributed by atoms with Crippen LogP contribution in [-0.2, 0) is 38.2 Å². The highest BCUT2D eigenvalue weighted by Crippen LogP contribution is 2.35. The Bertz CT molecular complexity index is 2040. The van der Waals surface area contributed by atoms with Crippen molar-refractivity contribution in [3.63, 3.8) is 0 Å². The number of aromatic nitrogens is 1. The summed E-state index contributed by atoms with van der Waals surface area (Å²) in [6, 6.07) is 7.53. The highest BCUT2D eigenvalue weighted by Gasteiger charge is 2.39. The summed E-state index contributed by atoms with van der Waals surface area (Å²) in [5, 5.41) is 13.6. The number of hydrogen-bond donors (Lipinski definition) is 5. The molecule has 2 heterocycles. The molecule has 4 fully saturated rings. The third-order valence-corrected chi connectivity index (χ3v) is 12.3. The Labute approximate surface area is 386 Å². The van der Waals surface area contributed by atoms with Crippen molar-refractivity contribution in [3.05, 3.63) is 59.8 Å². The minimum absolute atomic E-state index is 0.114. The van der Waals surface area contributed by atoms with Gasteiger partial charge in [-0.2, -0.15) is 0 Å². The topological polar surface area (TPSA) is 235 Å². The summed E-state index contributed by atoms with van der Waals surface area (Å²) in [5.41, 5.74) is -0.0939. The number of Topliss-reactive ketones (excluding diaryl/α,β-unsaturated/α-hetero) is 1. The molecule has 66 heavy (non-hydrogen) atoms. The van der Waals surface area contributed by atoms with Gasteiger partial charge in [-0.25, -0.2) is 14.6 Å². The number of nitrogens with one attached hydrogen (secondary N) is 5. The molecule has 358 valence electrons. The van der Waals surface area contributed by atoms with Gasteiger partial charge < -0.3 is 45.9 Å². The maximum atomic E-state index is 14.3. The molecule has 3 saturated carbocycles. The third-order valence-electron chi connectivity index (χ3n) is 12.3. The van der Waals surface area contributed by atoms with E-state index in [0.717, 1.165) is 44.9 Å². The van der Waals surface area contributed by atoms with E-state index in [0.29, 0.717) is 63.4 Å². The van der Waals surface area contributed by atoms with Crippen molar-refractivity contribution in [1.82, 2.24) is 36.5 Å². The van der Waals surface area contributed by atoms with E-state index in [2.05, 4.69) is 31.6 Å². The van der Waals surface area contributed by atoms with Crippen LogP contribution in [-0.4, -0.2) is 120 Å². The fourth-order valence-electron chi connectivity index (χ4n) is 8.40. The number of pyridine rings is 1. The quantitative estimate of drug-likeness (QED) is 0.0949. The Hall–Kier alpha value is -6.07. The molecule has 18 nitrogen and oxygen atoms in total. The molecule has 4 aliphatic rings. The molecule has 4 atom stereocenters. The fraction of sp³-hybridized carbons (Fsp3) is 0.604. The molecule has 6 amide bonds. The summed E-state index contributed by atoms with van der Waals surface area (Å²) in [6.45, 7) is 8.61. The predicted molar refractivity (Wildman–Crippen MR) is 243 cm³/mol. The second kappa shape index (κ2) is 22.9. The SMILES string of the molecule is CCOC(=O)N1CCN(c2ccc(C(=O)NC(C(=O)NC(CC3CC3)C(=O)NC(CC3CC3)C(=O)C(=O)NCC(=O)NC(C(=O)OC(C)(C)C)c3ccccc3)C3CCCCC3)cn2)CC1. The molecule has 4 unspecified atom stereocenters. The Morgan fingerprint density at radius 3 is 1.97 bits per heavy atom. The fourth-order valence-corrected chi connectivity index (χ4v) is 8.40. The minimum atomic E-state index is -1.21. The van der Waals surface area contributed by atoms with Crippen LogP contribution in [0.3, 0.4) is 0 Å². The van der Waals surface area contributed by atoms with Crippen LogP contribution < -0.4 is 31.5 Å². The summed E-state index contributed by atoms with van der Waals surface area (Å²) < 4.78 is 10.6. The van der Waals surface area contributed by atoms with Gasteiger partial charge in [-0.1, -0.05) is 75.3 Å². The van der Waals surface area contributed by atoms with E-state index in [4.69, 9.17) is 9.47 Å². The van der Waals surface area contributed by atoms with Gasteiger partial charge in [0.05, 0.1) is 24.8 Å². The van der Waals surface area contributed by atoms with Crippen molar-refractivity contribution < 1.29 is 47.8 Å². The summed E-state index contributed by atoms with van der Waals surface area (Å²) in [6.07, 6.45) is 9.27. The average Bonchev–Trinajstić information content (AvgIpc) is 4.26. The zero-order valence-electron chi connectivity index (χ0n) is 38.6. The number of rotatable bonds is 20. The van der Waals surface area contributed by atoms with Crippen LogP contribution in [0.2, 0.25) is 0 Å². The van der Waals surface area contributed by atoms with Gasteiger partial charge in [0, 0.05) is 32.4 Å². The number of ketones is 1. The molecule has 2 aromatic rings. The zero-order valence-corrected chi connectivity index (χ0v) is 38.6. The first kappa shape index (κ1) is 49.4. The Morgan fingerprint density at radius 1 is 0.742 bits per heavy atom. The maximum absolute atomic E-state index is 14.3. The zero-order chi connectivity index (χ0) is 47.4. The first-order valence-corrected chi connectivity index (χ1v) is 23.5. The second-order valence-electron chi connectivity index (χ2n) is 18.9. The number of hydrogen-bond acceptors (Lipinski definition) is 12. The lowest BCUT2D eigenvalue weighted by molar-refractivity contribution is -0.158. The van der Waals surface area contributed by atoms with Gasteiger partial charge in [-0.05, 0) is 88.8 Å². The molecule has 18 heteroatoms. The highest BCUT2D eigenvalue weighted by molar-refractivity contribution is 6.38. The molecule has 5 N–H and O–H groups in total. The number of carbonyl (C=O) groups is 8. The molecule has 1 aromatic carbocycles. The standard InChI is InChI=1S/C48H66N8O10/c1-5-65-47(64)56-24-22-55(23-25-56)37-21-20-34(28-49-37)42(59)54-39(32-12-8-6-9-13-32)44(61)52-36(27-31-18-19-31)43(60)51-35(26-30-16-17-30)41(58)45(62)50-29-38(57)53-40(33-14-10-7-11-15-33)46(63)66-48(2,3)4/h7,10-11,14-15,20-21,28,30-32,35-36,39-40H,5-6,8-9,12-13,16-19,22-27,29H2,1-4H3,(H,50,62)(H,51,60)(H,52,61)(H,53,57)(H,54,59). The molecule has 6 rings (SSSR count). The van der Waals surface area contributed by atoms with Crippen molar-refractivity contribution in [2.45, 2.75) is 128 Å². The number of esters is 1. The minimum Gasteiger partial charge on any atom is -0.458 e. The molecule has 1 aromatic heterocycles. The number of ether oxygens (including phenoxy) is 2. The number of piperazine rings is 1. The Morgan fingerprint density at radius 2 is 1.38 bits per heavy atom. The number of amides is 6. The number of anilines is 1. The first-order valence-electron chi connectivity index (χ1n) is 23.5. The van der Waals surface area contributed by atoms with Crippen LogP contribution >= 0.6 is 0 Å². The lowest BCUT2D eigenvalue weighted by Crippen LogP contribution is -2.58. The van der Waals surface area contributed by atoms with Crippen molar-refractivity contribution in [2.24, 2.45) is 17.8 Å². The first-order chi connectivity index (χ1) is 31.6. The van der Waals surface area contributed by atoms with Crippen LogP contribution in [0.1, 0.15) is 120 Å². The van der Waals surface area contributed by atoms with Crippen LogP contribution in [0, 0.1) is 17.8 Å². The van der Waals surface area contributed by atoms with Crippen LogP contribution in [0.15, 0.2) is 48.7 Å². The molecular weight excluding hydrogens is 849 g/mol. The molecule has 1 aliphatic heterocycles. The van der Waals surface area contributed by atoms with E-state index in [1.807, 2.05) is 4.90 Å². The summed E-state index contributed by atoms with van der Waals surface area (Å²) in [5.74, 6) is -4.26. The van der Waals surface area contributed by atoms with Gasteiger partial charge in [0.15, 0.2) is 6.04 Å². The summed E-state index contributed by atoms with van der Waals surface area (Å²) in [4.78, 5) is 116. The van der Waals surface area contributed by atoms with Gasteiger partial charge in [-0.15, -0.1) is 0 Å². The predicted octanol–water partition coefficient (Wildman–Crippen LogP) is 3.49. The smallest absolute Gasteiger partial charge is 0.409 e. The Kier molecular flexibility index (Phi) is 17.1. The maximum Gasteiger partial charge on any atom is 0.409 e. The van der Waals surface area contributed by atoms with E-state index in [1.165, 1.54) is 6.20 Å². The van der Waals surface area contributed by atoms with E-state index in [9.17, 15) is 38.4 Å². The normalized spacial score (nSPS) is 18.4. The van der Waals surface area contributed by atoms with Gasteiger partial charge >= 0.3 is 12.1 Å². The van der Waals surface area contributed by atoms with Crippen molar-refractivity contribution in [2.75, 3.05) is 44.2 Å². The monoisotopic (exact) mass is 914 g/mol. The largest absolute Gasteiger partial charge is 0.458 e. The van der Waals surface area contributed by atoms with E-state index in [-0.39, 0.29) is 35.8 Å². The van der Waals surface area contributed by atoms with E-state index in [1.54, 1.807) is 75.1 Å². The molecule has 3 aliphatic carbocycles. The second-order valence-corrected chi connectivity index (χ2v) is 18.9. The van der Waals surface area contributed by atoms with Gasteiger partial charge in [0.1, 0.15) is 23.5 Å². The van der Waals surface area contributed by atoms with Crippen LogP contribution in [0.5, 0.6) is 0 Å². The number of nitrogens with zero attached hydrogens (tertiary/aromatic N) is 3. The average molecular weight is 915 g/mol. The summed E-state index contributed by atoms with van der Waals surface area (Å²) >= 11 is 0. The van der Waals surface area contributed by atoms with Crippen molar-refractivity contribution >= 4 is 53.2 Å². The summed E-state index contributed by atoms with van der Waals surface area (Å²) in [7, 11) is 0. The molecule has 0 spiro atoms. The van der Waals surface area contributed by atoms with E-state index >= 15 is 0 Å². The number of benzene rings is 1. The van der Waals surface area contributed by atoms with Crippen LogP contribution in [0.4, 0.5) is 10.6 Å². The van der Waals surface area contributed by atoms with Crippen molar-refractivity contribution in [3.8, 4) is 0 Å². The highest BCUT2D eigenvalue weighted by atomic mass is 16.6. The van der Waals surface area contributed by atoms with Crippen molar-refractivity contribution in [1.29, 1.82) is 0 Å². The molecule has 0 radical (unpaired) electrons. The lowest BCUT2D eigenvalue weighted by Gasteiger charge is -2.34. The van der Waals surface area contributed by atoms with Gasteiger partial charge in [-0.3, -0.25) is 28.8 Å². The molecule has 0 bridgehead atoms. The molecule has 1 saturated heterocycles. The third kappa shape index (κ3) is 14.7. The Balaban J connectivity index is 1.07. The van der Waals surface area contributed by atoms with Gasteiger partial charge in [0.25, 0.3) is 11.8 Å². The van der Waals surface area contributed by atoms with E-state index < -0.39 is 77.6 Å². The lowest BCUT2D eigenvalue weighted by atomic mass is 9.83. The number of carbonyl (C=O) groups excluding carboxylic acids is 8. The van der Waals surface area contributed by atoms with Gasteiger partial charge in [0.2, 0.25) is 23.5 Å². The van der Waals surface area contributed by atoms with Crippen LogP contribution in [0.25, 0.3) is 0 Å².